The number of piperidine rings is 1. The molecule has 3 heterocycles. The first-order valence-electron chi connectivity index (χ1n) is 9.94. The van der Waals surface area contributed by atoms with Crippen LogP contribution in [-0.4, -0.2) is 27.6 Å². The summed E-state index contributed by atoms with van der Waals surface area (Å²) in [6, 6.07) is 18.2. The number of nitrogens with zero attached hydrogens (tertiary/aromatic N) is 3. The maximum atomic E-state index is 6.26. The summed E-state index contributed by atoms with van der Waals surface area (Å²) in [4.78, 5) is 8.79. The van der Waals surface area contributed by atoms with E-state index in [0.29, 0.717) is 11.9 Å². The highest BCUT2D eigenvalue weighted by Gasteiger charge is 2.21. The van der Waals surface area contributed by atoms with E-state index in [0.717, 1.165) is 59.6 Å². The van der Waals surface area contributed by atoms with E-state index in [1.165, 1.54) is 0 Å². The second-order valence-corrected chi connectivity index (χ2v) is 7.35. The van der Waals surface area contributed by atoms with Crippen molar-refractivity contribution >= 4 is 16.9 Å². The third-order valence-electron chi connectivity index (χ3n) is 5.45. The van der Waals surface area contributed by atoms with Gasteiger partial charge in [0.1, 0.15) is 29.3 Å². The standard InChI is InChI=1S/C23H23N5O/c24-22-21-20(14-28(23(21)27-15-26-22)17-5-4-12-25-13-17)16-8-10-19(11-9-16)29-18-6-2-1-3-7-18/h1-3,6-11,14-15,17,25H,4-5,12-13H2,(H2,24,26,27). The van der Waals surface area contributed by atoms with E-state index in [9.17, 15) is 0 Å². The van der Waals surface area contributed by atoms with Crippen LogP contribution in [0.5, 0.6) is 11.5 Å². The lowest BCUT2D eigenvalue weighted by Crippen LogP contribution is -2.31. The summed E-state index contributed by atoms with van der Waals surface area (Å²) in [6.07, 6.45) is 6.00. The monoisotopic (exact) mass is 385 g/mol. The molecule has 0 amide bonds. The number of aromatic nitrogens is 3. The van der Waals surface area contributed by atoms with Crippen LogP contribution in [0.4, 0.5) is 5.82 Å². The highest BCUT2D eigenvalue weighted by Crippen LogP contribution is 2.36. The molecule has 1 aliphatic rings. The van der Waals surface area contributed by atoms with Crippen LogP contribution in [0.1, 0.15) is 18.9 Å². The first kappa shape index (κ1) is 17.7. The number of hydrogen-bond donors (Lipinski definition) is 2. The maximum Gasteiger partial charge on any atom is 0.146 e. The second kappa shape index (κ2) is 7.56. The Morgan fingerprint density at radius 3 is 2.55 bits per heavy atom. The molecule has 0 aliphatic carbocycles. The number of fused-ring (bicyclic) bond motifs is 1. The fourth-order valence-electron chi connectivity index (χ4n) is 4.00. The Morgan fingerprint density at radius 2 is 1.79 bits per heavy atom. The number of benzene rings is 2. The molecule has 1 fully saturated rings. The molecule has 146 valence electrons. The number of hydrogen-bond acceptors (Lipinski definition) is 5. The van der Waals surface area contributed by atoms with Gasteiger partial charge in [0.05, 0.1) is 5.39 Å². The molecule has 3 N–H and O–H groups in total. The smallest absolute Gasteiger partial charge is 0.146 e. The zero-order chi connectivity index (χ0) is 19.6. The van der Waals surface area contributed by atoms with Gasteiger partial charge >= 0.3 is 0 Å². The highest BCUT2D eigenvalue weighted by atomic mass is 16.5. The normalized spacial score (nSPS) is 16.8. The molecular weight excluding hydrogens is 362 g/mol. The number of nitrogens with one attached hydrogen (secondary N) is 1. The lowest BCUT2D eigenvalue weighted by atomic mass is 10.1. The summed E-state index contributed by atoms with van der Waals surface area (Å²) in [5.74, 6) is 2.13. The summed E-state index contributed by atoms with van der Waals surface area (Å²) in [5.41, 5.74) is 9.28. The predicted octanol–water partition coefficient (Wildman–Crippen LogP) is 4.40. The van der Waals surface area contributed by atoms with E-state index >= 15 is 0 Å². The minimum absolute atomic E-state index is 0.370. The number of anilines is 1. The van der Waals surface area contributed by atoms with Crippen LogP contribution in [0.15, 0.2) is 67.1 Å². The molecule has 6 nitrogen and oxygen atoms in total. The van der Waals surface area contributed by atoms with E-state index in [2.05, 4.69) is 38.2 Å². The minimum atomic E-state index is 0.370. The van der Waals surface area contributed by atoms with Crippen LogP contribution in [0.25, 0.3) is 22.2 Å². The highest BCUT2D eigenvalue weighted by molar-refractivity contribution is 6.00. The van der Waals surface area contributed by atoms with E-state index in [1.807, 2.05) is 42.5 Å². The van der Waals surface area contributed by atoms with Gasteiger partial charge in [0.15, 0.2) is 0 Å². The molecular formula is C23H23N5O. The molecule has 1 atom stereocenters. The third kappa shape index (κ3) is 3.43. The molecule has 1 unspecified atom stereocenters. The van der Waals surface area contributed by atoms with Crippen LogP contribution < -0.4 is 15.8 Å². The zero-order valence-corrected chi connectivity index (χ0v) is 16.1. The lowest BCUT2D eigenvalue weighted by molar-refractivity contribution is 0.378. The quantitative estimate of drug-likeness (QED) is 0.544. The zero-order valence-electron chi connectivity index (χ0n) is 16.1. The van der Waals surface area contributed by atoms with Crippen molar-refractivity contribution in [2.75, 3.05) is 18.8 Å². The van der Waals surface area contributed by atoms with Crippen molar-refractivity contribution < 1.29 is 4.74 Å². The van der Waals surface area contributed by atoms with Gasteiger partial charge in [-0.1, -0.05) is 30.3 Å². The molecule has 0 spiro atoms. The average molecular weight is 385 g/mol. The molecule has 4 aromatic rings. The average Bonchev–Trinajstić information content (AvgIpc) is 3.17. The molecule has 5 rings (SSSR count). The first-order chi connectivity index (χ1) is 14.3. The Bertz CT molecular complexity index is 1120. The number of para-hydroxylation sites is 1. The van der Waals surface area contributed by atoms with Crippen molar-refractivity contribution in [3.8, 4) is 22.6 Å². The van der Waals surface area contributed by atoms with Gasteiger partial charge in [0, 0.05) is 24.3 Å². The van der Waals surface area contributed by atoms with Gasteiger partial charge < -0.3 is 20.4 Å². The second-order valence-electron chi connectivity index (χ2n) is 7.35. The summed E-state index contributed by atoms with van der Waals surface area (Å²) in [6.45, 7) is 2.01. The number of rotatable bonds is 4. The largest absolute Gasteiger partial charge is 0.457 e. The van der Waals surface area contributed by atoms with Gasteiger partial charge in [-0.05, 0) is 49.2 Å². The van der Waals surface area contributed by atoms with Crippen LogP contribution in [0.2, 0.25) is 0 Å². The fraction of sp³-hybridized carbons (Fsp3) is 0.217. The first-order valence-corrected chi connectivity index (χ1v) is 9.94. The molecule has 2 aromatic heterocycles. The van der Waals surface area contributed by atoms with Gasteiger partial charge in [0.25, 0.3) is 0 Å². The summed E-state index contributed by atoms with van der Waals surface area (Å²) >= 11 is 0. The van der Waals surface area contributed by atoms with Crippen molar-refractivity contribution in [2.45, 2.75) is 18.9 Å². The lowest BCUT2D eigenvalue weighted by Gasteiger charge is -2.24. The van der Waals surface area contributed by atoms with E-state index in [4.69, 9.17) is 10.5 Å². The predicted molar refractivity (Wildman–Crippen MR) is 115 cm³/mol. The van der Waals surface area contributed by atoms with Crippen LogP contribution >= 0.6 is 0 Å². The van der Waals surface area contributed by atoms with Crippen molar-refractivity contribution in [3.05, 3.63) is 67.1 Å². The van der Waals surface area contributed by atoms with Gasteiger partial charge in [-0.2, -0.15) is 0 Å². The fourth-order valence-corrected chi connectivity index (χ4v) is 4.00. The molecule has 0 bridgehead atoms. The molecule has 1 saturated heterocycles. The van der Waals surface area contributed by atoms with Gasteiger partial charge in [0.2, 0.25) is 0 Å². The maximum absolute atomic E-state index is 6.26. The molecule has 0 radical (unpaired) electrons. The van der Waals surface area contributed by atoms with Crippen molar-refractivity contribution in [3.63, 3.8) is 0 Å². The minimum Gasteiger partial charge on any atom is -0.457 e. The molecule has 0 saturated carbocycles. The number of nitrogen functional groups attached to an aromatic ring is 1. The number of nitrogens with two attached hydrogens (primary N) is 1. The van der Waals surface area contributed by atoms with E-state index in [1.54, 1.807) is 6.33 Å². The topological polar surface area (TPSA) is 78.0 Å². The van der Waals surface area contributed by atoms with Gasteiger partial charge in [-0.3, -0.25) is 0 Å². The van der Waals surface area contributed by atoms with Crippen molar-refractivity contribution in [1.82, 2.24) is 19.9 Å². The van der Waals surface area contributed by atoms with Crippen molar-refractivity contribution in [2.24, 2.45) is 0 Å². The SMILES string of the molecule is Nc1ncnc2c1c(-c1ccc(Oc3ccccc3)cc1)cn2C1CCCNC1. The Morgan fingerprint density at radius 1 is 1.00 bits per heavy atom. The van der Waals surface area contributed by atoms with E-state index in [-0.39, 0.29) is 0 Å². The Hall–Kier alpha value is -3.38. The van der Waals surface area contributed by atoms with Crippen molar-refractivity contribution in [1.29, 1.82) is 0 Å². The van der Waals surface area contributed by atoms with Crippen LogP contribution in [0.3, 0.4) is 0 Å². The molecule has 2 aromatic carbocycles. The molecule has 29 heavy (non-hydrogen) atoms. The van der Waals surface area contributed by atoms with Crippen LogP contribution in [-0.2, 0) is 0 Å². The Balaban J connectivity index is 1.52. The molecule has 1 aliphatic heterocycles. The summed E-state index contributed by atoms with van der Waals surface area (Å²) in [5, 5.41) is 4.39. The summed E-state index contributed by atoms with van der Waals surface area (Å²) in [7, 11) is 0. The van der Waals surface area contributed by atoms with Gasteiger partial charge in [-0.25, -0.2) is 9.97 Å². The Kier molecular flexibility index (Phi) is 4.62. The van der Waals surface area contributed by atoms with E-state index < -0.39 is 0 Å². The summed E-state index contributed by atoms with van der Waals surface area (Å²) < 4.78 is 8.17. The molecule has 6 heteroatoms. The van der Waals surface area contributed by atoms with Crippen LogP contribution in [0, 0.1) is 0 Å². The third-order valence-corrected chi connectivity index (χ3v) is 5.45. The number of ether oxygens (including phenoxy) is 1. The Labute approximate surface area is 169 Å². The van der Waals surface area contributed by atoms with Gasteiger partial charge in [-0.15, -0.1) is 0 Å².